The minimum Gasteiger partial charge on any atom is -0.397 e. The molecule has 2 N–H and O–H groups in total. The summed E-state index contributed by atoms with van der Waals surface area (Å²) in [7, 11) is 0. The first kappa shape index (κ1) is 12.8. The molecule has 0 aliphatic carbocycles. The maximum Gasteiger partial charge on any atom is 0.186 e. The number of aryl methyl sites for hydroxylation is 1. The molecule has 3 heteroatoms. The number of carbonyl (C=O) groups is 1. The molecule has 16 heavy (non-hydrogen) atoms. The van der Waals surface area contributed by atoms with Crippen LogP contribution < -0.4 is 5.73 Å². The normalized spacial score (nSPS) is 11.8. The molecule has 0 aliphatic rings. The Labute approximate surface area is 97.6 Å². The summed E-state index contributed by atoms with van der Waals surface area (Å²) in [6.07, 6.45) is 0.999. The molecule has 0 atom stereocenters. The highest BCUT2D eigenvalue weighted by atomic mass is 16.1. The predicted molar refractivity (Wildman–Crippen MR) is 67.7 cm³/mol. The number of rotatable bonds is 3. The van der Waals surface area contributed by atoms with Crippen molar-refractivity contribution in [2.45, 2.75) is 47.6 Å². The van der Waals surface area contributed by atoms with Crippen LogP contribution in [0.25, 0.3) is 0 Å². The number of nitrogens with two attached hydrogens (primary N) is 1. The number of ketones is 1. The zero-order valence-electron chi connectivity index (χ0n) is 10.9. The van der Waals surface area contributed by atoms with Crippen molar-refractivity contribution < 1.29 is 4.79 Å². The third-order valence-corrected chi connectivity index (χ3v) is 2.68. The fourth-order valence-corrected chi connectivity index (χ4v) is 1.82. The van der Waals surface area contributed by atoms with E-state index >= 15 is 0 Å². The quantitative estimate of drug-likeness (QED) is 0.799. The fourth-order valence-electron chi connectivity index (χ4n) is 1.82. The predicted octanol–water partition coefficient (Wildman–Crippen LogP) is 3.02. The van der Waals surface area contributed by atoms with E-state index < -0.39 is 0 Å². The average Bonchev–Trinajstić information content (AvgIpc) is 2.40. The lowest BCUT2D eigenvalue weighted by Gasteiger charge is -2.19. The van der Waals surface area contributed by atoms with Crippen LogP contribution >= 0.6 is 0 Å². The number of carbonyl (C=O) groups excluding carboxylic acids is 1. The van der Waals surface area contributed by atoms with Gasteiger partial charge in [0.05, 0.1) is 5.69 Å². The fraction of sp³-hybridized carbons (Fsp3) is 0.615. The molecular formula is C13H22N2O. The van der Waals surface area contributed by atoms with E-state index in [0.717, 1.165) is 18.7 Å². The Hall–Kier alpha value is -1.25. The minimum absolute atomic E-state index is 0.117. The van der Waals surface area contributed by atoms with E-state index in [1.165, 1.54) is 0 Å². The zero-order chi connectivity index (χ0) is 12.5. The first-order valence-corrected chi connectivity index (χ1v) is 5.79. The molecule has 1 aromatic heterocycles. The molecule has 1 aromatic rings. The van der Waals surface area contributed by atoms with Crippen LogP contribution in [0, 0.1) is 12.3 Å². The van der Waals surface area contributed by atoms with E-state index in [4.69, 9.17) is 5.73 Å². The lowest BCUT2D eigenvalue weighted by atomic mass is 9.88. The van der Waals surface area contributed by atoms with Crippen molar-refractivity contribution in [1.29, 1.82) is 0 Å². The molecule has 0 fully saturated rings. The second kappa shape index (κ2) is 4.32. The van der Waals surface area contributed by atoms with Gasteiger partial charge in [0.25, 0.3) is 0 Å². The van der Waals surface area contributed by atoms with Crippen LogP contribution in [-0.4, -0.2) is 10.4 Å². The van der Waals surface area contributed by atoms with Gasteiger partial charge in [-0.2, -0.15) is 0 Å². The molecule has 1 heterocycles. The topological polar surface area (TPSA) is 48.0 Å². The van der Waals surface area contributed by atoms with Crippen LogP contribution in [0.15, 0.2) is 6.07 Å². The van der Waals surface area contributed by atoms with Gasteiger partial charge in [0, 0.05) is 17.7 Å². The first-order chi connectivity index (χ1) is 7.29. The molecule has 3 nitrogen and oxygen atoms in total. The Morgan fingerprint density at radius 3 is 2.44 bits per heavy atom. The van der Waals surface area contributed by atoms with Crippen molar-refractivity contribution in [1.82, 2.24) is 4.57 Å². The Bertz CT molecular complexity index is 397. The Balaban J connectivity index is 3.27. The molecule has 0 saturated carbocycles. The third-order valence-electron chi connectivity index (χ3n) is 2.68. The van der Waals surface area contributed by atoms with Crippen molar-refractivity contribution in [3.63, 3.8) is 0 Å². The maximum absolute atomic E-state index is 12.3. The standard InChI is InChI=1S/C13H22N2O/c1-6-7-15-9(2)8-10(14)11(15)12(16)13(3,4)5/h8H,6-7,14H2,1-5H3. The molecular weight excluding hydrogens is 200 g/mol. The summed E-state index contributed by atoms with van der Waals surface area (Å²) in [5.74, 6) is 0.117. The van der Waals surface area contributed by atoms with Gasteiger partial charge < -0.3 is 10.3 Å². The van der Waals surface area contributed by atoms with E-state index in [1.54, 1.807) is 0 Å². The van der Waals surface area contributed by atoms with E-state index in [0.29, 0.717) is 11.4 Å². The summed E-state index contributed by atoms with van der Waals surface area (Å²) in [4.78, 5) is 12.3. The summed E-state index contributed by atoms with van der Waals surface area (Å²) in [6, 6.07) is 1.88. The number of anilines is 1. The minimum atomic E-state index is -0.385. The number of hydrogen-bond donors (Lipinski definition) is 1. The lowest BCUT2D eigenvalue weighted by Crippen LogP contribution is -2.24. The summed E-state index contributed by atoms with van der Waals surface area (Å²) in [5.41, 5.74) is 7.88. The van der Waals surface area contributed by atoms with Gasteiger partial charge in [0.15, 0.2) is 5.78 Å². The van der Waals surface area contributed by atoms with Crippen molar-refractivity contribution in [2.24, 2.45) is 5.41 Å². The number of aromatic nitrogens is 1. The summed E-state index contributed by atoms with van der Waals surface area (Å²) in [5, 5.41) is 0. The van der Waals surface area contributed by atoms with Crippen LogP contribution in [0.5, 0.6) is 0 Å². The van der Waals surface area contributed by atoms with Crippen molar-refractivity contribution in [3.05, 3.63) is 17.5 Å². The highest BCUT2D eigenvalue weighted by Crippen LogP contribution is 2.27. The highest BCUT2D eigenvalue weighted by Gasteiger charge is 2.28. The van der Waals surface area contributed by atoms with Gasteiger partial charge in [-0.05, 0) is 19.4 Å². The Kier molecular flexibility index (Phi) is 3.46. The van der Waals surface area contributed by atoms with Gasteiger partial charge in [-0.15, -0.1) is 0 Å². The molecule has 0 spiro atoms. The molecule has 0 aliphatic heterocycles. The molecule has 0 aromatic carbocycles. The van der Waals surface area contributed by atoms with E-state index in [1.807, 2.05) is 38.3 Å². The lowest BCUT2D eigenvalue weighted by molar-refractivity contribution is 0.0849. The van der Waals surface area contributed by atoms with Gasteiger partial charge in [-0.3, -0.25) is 4.79 Å². The maximum atomic E-state index is 12.3. The average molecular weight is 222 g/mol. The van der Waals surface area contributed by atoms with Gasteiger partial charge in [-0.25, -0.2) is 0 Å². The van der Waals surface area contributed by atoms with Crippen LogP contribution in [0.2, 0.25) is 0 Å². The molecule has 90 valence electrons. The molecule has 0 saturated heterocycles. The van der Waals surface area contributed by atoms with E-state index in [-0.39, 0.29) is 11.2 Å². The molecule has 0 radical (unpaired) electrons. The monoisotopic (exact) mass is 222 g/mol. The number of nitrogens with zero attached hydrogens (tertiary/aromatic N) is 1. The van der Waals surface area contributed by atoms with Crippen molar-refractivity contribution in [2.75, 3.05) is 5.73 Å². The summed E-state index contributed by atoms with van der Waals surface area (Å²) >= 11 is 0. The second-order valence-electron chi connectivity index (χ2n) is 5.32. The smallest absolute Gasteiger partial charge is 0.186 e. The number of hydrogen-bond acceptors (Lipinski definition) is 2. The van der Waals surface area contributed by atoms with Gasteiger partial charge in [-0.1, -0.05) is 27.7 Å². The van der Waals surface area contributed by atoms with Crippen molar-refractivity contribution in [3.8, 4) is 0 Å². The SMILES string of the molecule is CCCn1c(C)cc(N)c1C(=O)C(C)(C)C. The van der Waals surface area contributed by atoms with Crippen LogP contribution in [-0.2, 0) is 6.54 Å². The Morgan fingerprint density at radius 1 is 1.44 bits per heavy atom. The highest BCUT2D eigenvalue weighted by molar-refractivity contribution is 6.02. The molecule has 0 amide bonds. The molecule has 1 rings (SSSR count). The largest absolute Gasteiger partial charge is 0.397 e. The molecule has 0 unspecified atom stereocenters. The van der Waals surface area contributed by atoms with E-state index in [9.17, 15) is 4.79 Å². The van der Waals surface area contributed by atoms with Gasteiger partial charge in [0.1, 0.15) is 5.69 Å². The summed E-state index contributed by atoms with van der Waals surface area (Å²) in [6.45, 7) is 10.7. The van der Waals surface area contributed by atoms with Crippen molar-refractivity contribution >= 4 is 11.5 Å². The van der Waals surface area contributed by atoms with Crippen LogP contribution in [0.3, 0.4) is 0 Å². The first-order valence-electron chi connectivity index (χ1n) is 5.79. The van der Waals surface area contributed by atoms with Gasteiger partial charge >= 0.3 is 0 Å². The Morgan fingerprint density at radius 2 is 2.00 bits per heavy atom. The molecule has 0 bridgehead atoms. The number of nitrogen functional groups attached to an aromatic ring is 1. The van der Waals surface area contributed by atoms with Crippen LogP contribution in [0.1, 0.15) is 50.3 Å². The zero-order valence-corrected chi connectivity index (χ0v) is 10.9. The van der Waals surface area contributed by atoms with Gasteiger partial charge in [0.2, 0.25) is 0 Å². The van der Waals surface area contributed by atoms with Crippen LogP contribution in [0.4, 0.5) is 5.69 Å². The second-order valence-corrected chi connectivity index (χ2v) is 5.32. The third kappa shape index (κ3) is 2.29. The number of Topliss-reactive ketones (excluding diaryl/α,β-unsaturated/α-hetero) is 1. The van der Waals surface area contributed by atoms with E-state index in [2.05, 4.69) is 6.92 Å². The summed E-state index contributed by atoms with van der Waals surface area (Å²) < 4.78 is 2.03.